The lowest BCUT2D eigenvalue weighted by atomic mass is 10.1. The molecule has 1 heterocycles. The molecule has 150 valence electrons. The molecule has 0 aliphatic carbocycles. The van der Waals surface area contributed by atoms with Crippen molar-refractivity contribution in [1.82, 2.24) is 15.3 Å². The number of ether oxygens (including phenoxy) is 2. The van der Waals surface area contributed by atoms with Gasteiger partial charge in [-0.3, -0.25) is 4.79 Å². The third kappa shape index (κ3) is 5.01. The number of carbonyl (C=O) groups excluding carboxylic acids is 1. The smallest absolute Gasteiger partial charge is 0.270 e. The highest BCUT2D eigenvalue weighted by molar-refractivity contribution is 5.93. The summed E-state index contributed by atoms with van der Waals surface area (Å²) in [5, 5.41) is 6.10. The molecule has 1 amide bonds. The molecule has 0 saturated carbocycles. The van der Waals surface area contributed by atoms with Crippen molar-refractivity contribution in [2.75, 3.05) is 19.5 Å². The van der Waals surface area contributed by atoms with Gasteiger partial charge in [0.1, 0.15) is 17.3 Å². The molecular weight excluding hydrogens is 368 g/mol. The zero-order chi connectivity index (χ0) is 20.8. The number of rotatable bonds is 7. The molecule has 0 unspecified atom stereocenters. The normalized spacial score (nSPS) is 10.3. The number of nitrogens with zero attached hydrogens (tertiary/aromatic N) is 2. The Morgan fingerprint density at radius 1 is 0.966 bits per heavy atom. The molecule has 29 heavy (non-hydrogen) atoms. The molecule has 3 aromatic rings. The summed E-state index contributed by atoms with van der Waals surface area (Å²) in [6, 6.07) is 15.0. The third-order valence-corrected chi connectivity index (χ3v) is 4.43. The van der Waals surface area contributed by atoms with E-state index in [-0.39, 0.29) is 5.91 Å². The van der Waals surface area contributed by atoms with Crippen molar-refractivity contribution in [2.24, 2.45) is 0 Å². The maximum absolute atomic E-state index is 12.6. The molecule has 0 bridgehead atoms. The first-order valence-corrected chi connectivity index (χ1v) is 9.17. The van der Waals surface area contributed by atoms with E-state index in [0.29, 0.717) is 35.4 Å². The number of anilines is 2. The van der Waals surface area contributed by atoms with Gasteiger partial charge in [-0.15, -0.1) is 0 Å². The van der Waals surface area contributed by atoms with Crippen LogP contribution in [0.5, 0.6) is 11.5 Å². The number of hydrogen-bond acceptors (Lipinski definition) is 6. The van der Waals surface area contributed by atoms with Crippen LogP contribution in [0.1, 0.15) is 27.4 Å². The van der Waals surface area contributed by atoms with E-state index in [2.05, 4.69) is 20.6 Å². The topological polar surface area (TPSA) is 85.4 Å². The molecule has 0 atom stereocenters. The summed E-state index contributed by atoms with van der Waals surface area (Å²) in [6.45, 7) is 4.20. The fourth-order valence-electron chi connectivity index (χ4n) is 2.88. The highest BCUT2D eigenvalue weighted by Crippen LogP contribution is 2.30. The molecule has 1 aromatic heterocycles. The minimum atomic E-state index is -0.255. The van der Waals surface area contributed by atoms with E-state index >= 15 is 0 Å². The van der Waals surface area contributed by atoms with Crippen LogP contribution in [0.15, 0.2) is 48.5 Å². The van der Waals surface area contributed by atoms with Gasteiger partial charge < -0.3 is 20.1 Å². The zero-order valence-corrected chi connectivity index (χ0v) is 16.9. The average Bonchev–Trinajstić information content (AvgIpc) is 2.72. The van der Waals surface area contributed by atoms with Crippen LogP contribution in [0.4, 0.5) is 11.5 Å². The van der Waals surface area contributed by atoms with Gasteiger partial charge >= 0.3 is 0 Å². The Hall–Kier alpha value is -3.61. The Kier molecular flexibility index (Phi) is 6.29. The van der Waals surface area contributed by atoms with E-state index in [1.165, 1.54) is 0 Å². The van der Waals surface area contributed by atoms with Crippen molar-refractivity contribution < 1.29 is 14.3 Å². The lowest BCUT2D eigenvalue weighted by Gasteiger charge is -2.12. The molecule has 2 N–H and O–H groups in total. The molecule has 0 radical (unpaired) electrons. The molecule has 7 heteroatoms. The predicted molar refractivity (Wildman–Crippen MR) is 112 cm³/mol. The summed E-state index contributed by atoms with van der Waals surface area (Å²) in [5.41, 5.74) is 3.25. The van der Waals surface area contributed by atoms with Crippen LogP contribution in [0.2, 0.25) is 0 Å². The van der Waals surface area contributed by atoms with Gasteiger partial charge in [0, 0.05) is 24.4 Å². The molecular formula is C22H24N4O3. The van der Waals surface area contributed by atoms with Crippen molar-refractivity contribution in [3.63, 3.8) is 0 Å². The molecule has 0 aliphatic rings. The van der Waals surface area contributed by atoms with E-state index in [1.807, 2.05) is 37.3 Å². The van der Waals surface area contributed by atoms with Crippen molar-refractivity contribution in [1.29, 1.82) is 0 Å². The highest BCUT2D eigenvalue weighted by Gasteiger charge is 2.12. The summed E-state index contributed by atoms with van der Waals surface area (Å²) in [4.78, 5) is 21.2. The number of methoxy groups -OCH3 is 2. The third-order valence-electron chi connectivity index (χ3n) is 4.43. The van der Waals surface area contributed by atoms with E-state index in [4.69, 9.17) is 9.47 Å². The summed E-state index contributed by atoms with van der Waals surface area (Å²) in [5.74, 6) is 1.99. The van der Waals surface area contributed by atoms with Crippen LogP contribution in [-0.2, 0) is 6.54 Å². The number of carbonyl (C=O) groups is 1. The van der Waals surface area contributed by atoms with Crippen molar-refractivity contribution in [3.8, 4) is 11.5 Å². The Labute approximate surface area is 170 Å². The van der Waals surface area contributed by atoms with Crippen LogP contribution in [0.25, 0.3) is 0 Å². The van der Waals surface area contributed by atoms with Crippen LogP contribution < -0.4 is 20.1 Å². The van der Waals surface area contributed by atoms with Gasteiger partial charge in [0.25, 0.3) is 5.91 Å². The number of aryl methyl sites for hydroxylation is 2. The fourth-order valence-corrected chi connectivity index (χ4v) is 2.88. The standard InChI is InChI=1S/C22H24N4O3/c1-14-7-5-6-8-16(14)13-23-22(27)18-12-21(25-15(2)24-18)26-17-9-10-19(28-3)20(11-17)29-4/h5-12H,13H2,1-4H3,(H,23,27)(H,24,25,26). The first-order chi connectivity index (χ1) is 14.0. The van der Waals surface area contributed by atoms with Gasteiger partial charge in [-0.05, 0) is 37.1 Å². The first kappa shape index (κ1) is 20.1. The average molecular weight is 392 g/mol. The molecule has 3 rings (SSSR count). The minimum Gasteiger partial charge on any atom is -0.493 e. The molecule has 0 fully saturated rings. The van der Waals surface area contributed by atoms with Gasteiger partial charge in [-0.2, -0.15) is 0 Å². The van der Waals surface area contributed by atoms with E-state index in [1.54, 1.807) is 39.3 Å². The van der Waals surface area contributed by atoms with Gasteiger partial charge in [-0.1, -0.05) is 24.3 Å². The second-order valence-electron chi connectivity index (χ2n) is 6.49. The molecule has 0 saturated heterocycles. The van der Waals surface area contributed by atoms with Crippen molar-refractivity contribution in [3.05, 3.63) is 71.2 Å². The summed E-state index contributed by atoms with van der Waals surface area (Å²) in [7, 11) is 3.16. The van der Waals surface area contributed by atoms with E-state index in [9.17, 15) is 4.79 Å². The van der Waals surface area contributed by atoms with Crippen LogP contribution in [-0.4, -0.2) is 30.1 Å². The second-order valence-corrected chi connectivity index (χ2v) is 6.49. The molecule has 0 aliphatic heterocycles. The largest absolute Gasteiger partial charge is 0.493 e. The minimum absolute atomic E-state index is 0.255. The van der Waals surface area contributed by atoms with Crippen LogP contribution in [0, 0.1) is 13.8 Å². The fraction of sp³-hybridized carbons (Fsp3) is 0.227. The Bertz CT molecular complexity index is 1020. The first-order valence-electron chi connectivity index (χ1n) is 9.17. The number of aromatic nitrogens is 2. The van der Waals surface area contributed by atoms with E-state index < -0.39 is 0 Å². The summed E-state index contributed by atoms with van der Waals surface area (Å²) in [6.07, 6.45) is 0. The van der Waals surface area contributed by atoms with Crippen LogP contribution >= 0.6 is 0 Å². The summed E-state index contributed by atoms with van der Waals surface area (Å²) >= 11 is 0. The Morgan fingerprint density at radius 3 is 2.45 bits per heavy atom. The molecule has 7 nitrogen and oxygen atoms in total. The highest BCUT2D eigenvalue weighted by atomic mass is 16.5. The van der Waals surface area contributed by atoms with E-state index in [0.717, 1.165) is 16.8 Å². The number of amides is 1. The Morgan fingerprint density at radius 2 is 1.72 bits per heavy atom. The lowest BCUT2D eigenvalue weighted by molar-refractivity contribution is 0.0945. The van der Waals surface area contributed by atoms with Crippen molar-refractivity contribution >= 4 is 17.4 Å². The molecule has 0 spiro atoms. The summed E-state index contributed by atoms with van der Waals surface area (Å²) < 4.78 is 10.6. The predicted octanol–water partition coefficient (Wildman–Crippen LogP) is 3.78. The van der Waals surface area contributed by atoms with Crippen molar-refractivity contribution in [2.45, 2.75) is 20.4 Å². The maximum atomic E-state index is 12.6. The number of nitrogens with one attached hydrogen (secondary N) is 2. The van der Waals surface area contributed by atoms with Gasteiger partial charge in [-0.25, -0.2) is 9.97 Å². The maximum Gasteiger partial charge on any atom is 0.270 e. The Balaban J connectivity index is 1.75. The zero-order valence-electron chi connectivity index (χ0n) is 16.9. The SMILES string of the molecule is COc1ccc(Nc2cc(C(=O)NCc3ccccc3C)nc(C)n2)cc1OC. The van der Waals surface area contributed by atoms with Gasteiger partial charge in [0.05, 0.1) is 14.2 Å². The van der Waals surface area contributed by atoms with Crippen LogP contribution in [0.3, 0.4) is 0 Å². The van der Waals surface area contributed by atoms with Gasteiger partial charge in [0.2, 0.25) is 0 Å². The second kappa shape index (κ2) is 9.05. The van der Waals surface area contributed by atoms with Gasteiger partial charge in [0.15, 0.2) is 11.5 Å². The lowest BCUT2D eigenvalue weighted by Crippen LogP contribution is -2.24. The quantitative estimate of drug-likeness (QED) is 0.636. The number of hydrogen-bond donors (Lipinski definition) is 2. The monoisotopic (exact) mass is 392 g/mol. The number of benzene rings is 2. The molecule has 2 aromatic carbocycles.